The molecular weight excluding hydrogens is 456 g/mol. The molecule has 8 nitrogen and oxygen atoms in total. The number of aliphatic hydroxyl groups is 1. The lowest BCUT2D eigenvalue weighted by atomic mass is 9.95. The van der Waals surface area contributed by atoms with Crippen LogP contribution >= 0.6 is 0 Å². The van der Waals surface area contributed by atoms with E-state index in [-0.39, 0.29) is 11.3 Å². The Hall–Kier alpha value is -3.75. The first-order valence-electron chi connectivity index (χ1n) is 12.2. The van der Waals surface area contributed by atoms with Crippen LogP contribution in [0.2, 0.25) is 0 Å². The summed E-state index contributed by atoms with van der Waals surface area (Å²) in [7, 11) is 0. The number of carbonyl (C=O) groups is 2. The molecule has 0 unspecified atom stereocenters. The summed E-state index contributed by atoms with van der Waals surface area (Å²) in [6.45, 7) is 7.72. The van der Waals surface area contributed by atoms with Gasteiger partial charge in [0.05, 0.1) is 48.0 Å². The van der Waals surface area contributed by atoms with Crippen LogP contribution in [0.4, 0.5) is 0 Å². The van der Waals surface area contributed by atoms with Crippen molar-refractivity contribution in [1.82, 2.24) is 19.6 Å². The van der Waals surface area contributed by atoms with E-state index in [4.69, 9.17) is 4.74 Å². The van der Waals surface area contributed by atoms with Gasteiger partial charge >= 0.3 is 0 Å². The van der Waals surface area contributed by atoms with Crippen LogP contribution in [0.5, 0.6) is 0 Å². The lowest BCUT2D eigenvalue weighted by Crippen LogP contribution is -2.42. The molecule has 2 fully saturated rings. The summed E-state index contributed by atoms with van der Waals surface area (Å²) in [5, 5.41) is 15.9. The number of ketones is 1. The van der Waals surface area contributed by atoms with Gasteiger partial charge in [0.25, 0.3) is 11.7 Å². The zero-order chi connectivity index (χ0) is 25.2. The van der Waals surface area contributed by atoms with Crippen LogP contribution in [0.25, 0.3) is 11.4 Å². The van der Waals surface area contributed by atoms with Gasteiger partial charge in [-0.2, -0.15) is 5.10 Å². The van der Waals surface area contributed by atoms with Crippen molar-refractivity contribution >= 4 is 17.4 Å². The predicted molar refractivity (Wildman–Crippen MR) is 136 cm³/mol. The second kappa shape index (κ2) is 10.1. The Morgan fingerprint density at radius 2 is 1.69 bits per heavy atom. The van der Waals surface area contributed by atoms with Crippen molar-refractivity contribution in [2.75, 3.05) is 39.4 Å². The Bertz CT molecular complexity index is 1290. The predicted octanol–water partition coefficient (Wildman–Crippen LogP) is 3.24. The number of hydrogen-bond donors (Lipinski definition) is 1. The minimum atomic E-state index is -0.675. The third-order valence-electron chi connectivity index (χ3n) is 6.96. The monoisotopic (exact) mass is 486 g/mol. The first-order chi connectivity index (χ1) is 17.5. The average molecular weight is 487 g/mol. The topological polar surface area (TPSA) is 87.9 Å². The van der Waals surface area contributed by atoms with Crippen molar-refractivity contribution in [2.24, 2.45) is 0 Å². The molecule has 0 spiro atoms. The molecule has 0 saturated carbocycles. The van der Waals surface area contributed by atoms with Crippen LogP contribution in [0, 0.1) is 13.8 Å². The molecule has 5 rings (SSSR count). The third-order valence-corrected chi connectivity index (χ3v) is 6.96. The second-order valence-electron chi connectivity index (χ2n) is 9.25. The number of nitrogens with zero attached hydrogens (tertiary/aromatic N) is 4. The molecule has 8 heteroatoms. The maximum atomic E-state index is 13.4. The normalized spacial score (nSPS) is 20.3. The number of carbonyl (C=O) groups excluding carboxylic acids is 2. The summed E-state index contributed by atoms with van der Waals surface area (Å²) in [6, 6.07) is 16.6. The number of morpholine rings is 1. The standard InChI is InChI=1S/C28H30N4O4/c1-19-8-10-21(11-9-19)25-24(27(34)28(35)31(25)13-12-30-14-16-36-17-15-30)26(33)23-18-29-32(20(23)2)22-6-4-3-5-7-22/h3-11,18,25,33H,12-17H2,1-2H3/t25-/m0/s1. The highest BCUT2D eigenvalue weighted by molar-refractivity contribution is 6.46. The number of Topliss-reactive ketones (excluding diaryl/α,β-unsaturated/α-hetero) is 1. The maximum Gasteiger partial charge on any atom is 0.295 e. The molecule has 2 saturated heterocycles. The highest BCUT2D eigenvalue weighted by Crippen LogP contribution is 2.40. The number of hydrogen-bond acceptors (Lipinski definition) is 6. The summed E-state index contributed by atoms with van der Waals surface area (Å²) in [4.78, 5) is 30.4. The minimum Gasteiger partial charge on any atom is -0.507 e. The van der Waals surface area contributed by atoms with E-state index in [1.807, 2.05) is 68.4 Å². The Balaban J connectivity index is 1.55. The number of rotatable bonds is 6. The molecule has 0 radical (unpaired) electrons. The van der Waals surface area contributed by atoms with Gasteiger partial charge in [-0.15, -0.1) is 0 Å². The molecule has 186 valence electrons. The van der Waals surface area contributed by atoms with E-state index < -0.39 is 17.7 Å². The third kappa shape index (κ3) is 4.45. The molecule has 3 aromatic rings. The van der Waals surface area contributed by atoms with Gasteiger partial charge in [-0.1, -0.05) is 48.0 Å². The van der Waals surface area contributed by atoms with E-state index in [2.05, 4.69) is 10.00 Å². The molecule has 0 bridgehead atoms. The Kier molecular flexibility index (Phi) is 6.71. The van der Waals surface area contributed by atoms with E-state index in [0.717, 1.165) is 29.9 Å². The van der Waals surface area contributed by atoms with Crippen molar-refractivity contribution < 1.29 is 19.4 Å². The van der Waals surface area contributed by atoms with Crippen LogP contribution in [0.1, 0.15) is 28.4 Å². The number of benzene rings is 2. The molecule has 1 aromatic heterocycles. The first kappa shape index (κ1) is 24.0. The molecule has 1 N–H and O–H groups in total. The molecule has 1 atom stereocenters. The summed E-state index contributed by atoms with van der Waals surface area (Å²) in [5.74, 6) is -1.47. The Morgan fingerprint density at radius 1 is 1.00 bits per heavy atom. The number of ether oxygens (including phenoxy) is 1. The van der Waals surface area contributed by atoms with Crippen molar-refractivity contribution in [2.45, 2.75) is 19.9 Å². The summed E-state index contributed by atoms with van der Waals surface area (Å²) < 4.78 is 7.14. The van der Waals surface area contributed by atoms with Crippen LogP contribution in [0.3, 0.4) is 0 Å². The molecular formula is C28H30N4O4. The molecule has 3 heterocycles. The quantitative estimate of drug-likeness (QED) is 0.327. The molecule has 2 aliphatic heterocycles. The highest BCUT2D eigenvalue weighted by atomic mass is 16.5. The van der Waals surface area contributed by atoms with Crippen LogP contribution < -0.4 is 0 Å². The fourth-order valence-corrected chi connectivity index (χ4v) is 4.90. The smallest absolute Gasteiger partial charge is 0.295 e. The first-order valence-corrected chi connectivity index (χ1v) is 12.2. The van der Waals surface area contributed by atoms with E-state index in [0.29, 0.717) is 37.6 Å². The summed E-state index contributed by atoms with van der Waals surface area (Å²) in [5.41, 5.74) is 3.92. The number of aromatic nitrogens is 2. The van der Waals surface area contributed by atoms with Crippen LogP contribution in [-0.4, -0.2) is 75.8 Å². The van der Waals surface area contributed by atoms with Crippen molar-refractivity contribution in [3.05, 3.63) is 88.8 Å². The lowest BCUT2D eigenvalue weighted by molar-refractivity contribution is -0.140. The van der Waals surface area contributed by atoms with E-state index in [9.17, 15) is 14.7 Å². The minimum absolute atomic E-state index is 0.0987. The number of likely N-dealkylation sites (tertiary alicyclic amines) is 1. The SMILES string of the molecule is Cc1ccc([C@H]2C(=C(O)c3cnn(-c4ccccc4)c3C)C(=O)C(=O)N2CCN2CCOCC2)cc1. The molecule has 1 amide bonds. The molecule has 36 heavy (non-hydrogen) atoms. The van der Waals surface area contributed by atoms with Crippen molar-refractivity contribution in [3.8, 4) is 5.69 Å². The van der Waals surface area contributed by atoms with E-state index in [1.54, 1.807) is 15.8 Å². The van der Waals surface area contributed by atoms with Gasteiger partial charge in [0.15, 0.2) is 0 Å². The molecule has 0 aliphatic carbocycles. The van der Waals surface area contributed by atoms with Crippen LogP contribution in [0.15, 0.2) is 66.4 Å². The van der Waals surface area contributed by atoms with Crippen molar-refractivity contribution in [1.29, 1.82) is 0 Å². The van der Waals surface area contributed by atoms with Gasteiger partial charge in [0.1, 0.15) is 5.76 Å². The fraction of sp³-hybridized carbons (Fsp3) is 0.321. The Morgan fingerprint density at radius 3 is 2.39 bits per heavy atom. The average Bonchev–Trinajstić information content (AvgIpc) is 3.41. The number of aliphatic hydroxyl groups excluding tert-OH is 1. The van der Waals surface area contributed by atoms with Gasteiger partial charge in [-0.05, 0) is 31.5 Å². The molecule has 2 aromatic carbocycles. The summed E-state index contributed by atoms with van der Waals surface area (Å²) >= 11 is 0. The zero-order valence-corrected chi connectivity index (χ0v) is 20.6. The van der Waals surface area contributed by atoms with Gasteiger partial charge in [0, 0.05) is 26.2 Å². The van der Waals surface area contributed by atoms with Gasteiger partial charge in [-0.3, -0.25) is 14.5 Å². The van der Waals surface area contributed by atoms with E-state index >= 15 is 0 Å². The van der Waals surface area contributed by atoms with E-state index in [1.165, 1.54) is 0 Å². The fourth-order valence-electron chi connectivity index (χ4n) is 4.90. The lowest BCUT2D eigenvalue weighted by Gasteiger charge is -2.31. The number of amides is 1. The molecule has 2 aliphatic rings. The number of aryl methyl sites for hydroxylation is 1. The summed E-state index contributed by atoms with van der Waals surface area (Å²) in [6.07, 6.45) is 1.55. The van der Waals surface area contributed by atoms with Gasteiger partial charge in [-0.25, -0.2) is 4.68 Å². The second-order valence-corrected chi connectivity index (χ2v) is 9.25. The van der Waals surface area contributed by atoms with Gasteiger partial charge < -0.3 is 14.7 Å². The maximum absolute atomic E-state index is 13.4. The highest BCUT2D eigenvalue weighted by Gasteiger charge is 2.46. The number of para-hydroxylation sites is 1. The zero-order valence-electron chi connectivity index (χ0n) is 20.6. The largest absolute Gasteiger partial charge is 0.507 e. The van der Waals surface area contributed by atoms with Gasteiger partial charge in [0.2, 0.25) is 0 Å². The van der Waals surface area contributed by atoms with Crippen LogP contribution in [-0.2, 0) is 14.3 Å². The Labute approximate surface area is 210 Å². The van der Waals surface area contributed by atoms with Crippen molar-refractivity contribution in [3.63, 3.8) is 0 Å².